The number of hydrogen-bond acceptors (Lipinski definition) is 7. The van der Waals surface area contributed by atoms with Gasteiger partial charge < -0.3 is 0 Å². The van der Waals surface area contributed by atoms with Gasteiger partial charge >= 0.3 is 0 Å². The molecular weight excluding hydrogens is 777 g/mol. The number of unbranched alkanes of at least 4 members (excludes halogenated alkanes) is 4. The molecule has 7 heterocycles. The maximum absolute atomic E-state index is 4.69. The van der Waals surface area contributed by atoms with Crippen molar-refractivity contribution in [3.8, 4) is 66.0 Å². The second kappa shape index (κ2) is 21.2. The molecular formula is C52H52N4S3. The molecule has 0 saturated carbocycles. The van der Waals surface area contributed by atoms with Crippen LogP contribution in [0.2, 0.25) is 0 Å². The Morgan fingerprint density at radius 1 is 0.407 bits per heavy atom. The van der Waals surface area contributed by atoms with E-state index < -0.39 is 0 Å². The van der Waals surface area contributed by atoms with Crippen LogP contribution in [0.3, 0.4) is 0 Å². The first-order valence-electron chi connectivity index (χ1n) is 21.3. The molecule has 0 aliphatic heterocycles. The Balaban J connectivity index is 1.25. The molecule has 298 valence electrons. The monoisotopic (exact) mass is 828 g/mol. The molecule has 0 fully saturated rings. The highest BCUT2D eigenvalue weighted by molar-refractivity contribution is 7.27. The number of nitrogens with zero attached hydrogens (tertiary/aromatic N) is 4. The van der Waals surface area contributed by atoms with E-state index in [-0.39, 0.29) is 0 Å². The molecule has 4 nitrogen and oxygen atoms in total. The predicted octanol–water partition coefficient (Wildman–Crippen LogP) is 14.3. The van der Waals surface area contributed by atoms with Crippen molar-refractivity contribution in [2.24, 2.45) is 0 Å². The minimum absolute atomic E-state index is 0.859. The molecule has 0 bridgehead atoms. The molecule has 7 heteroatoms. The number of pyridine rings is 4. The summed E-state index contributed by atoms with van der Waals surface area (Å²) in [6.07, 6.45) is 20.9. The van der Waals surface area contributed by atoms with Crippen LogP contribution >= 0.6 is 34.0 Å². The average molecular weight is 829 g/mol. The van der Waals surface area contributed by atoms with Crippen molar-refractivity contribution in [1.82, 2.24) is 19.9 Å². The van der Waals surface area contributed by atoms with Gasteiger partial charge in [-0.05, 0) is 134 Å². The fourth-order valence-electron chi connectivity index (χ4n) is 7.18. The first-order valence-corrected chi connectivity index (χ1v) is 23.7. The van der Waals surface area contributed by atoms with Crippen LogP contribution in [-0.4, -0.2) is 19.9 Å². The van der Waals surface area contributed by atoms with Crippen molar-refractivity contribution < 1.29 is 0 Å². The zero-order chi connectivity index (χ0) is 40.8. The third-order valence-electron chi connectivity index (χ3n) is 10.4. The van der Waals surface area contributed by atoms with Crippen molar-refractivity contribution in [1.29, 1.82) is 0 Å². The van der Waals surface area contributed by atoms with Gasteiger partial charge in [-0.25, -0.2) is 0 Å². The van der Waals surface area contributed by atoms with Crippen LogP contribution in [0.15, 0.2) is 97.6 Å². The molecule has 0 N–H and O–H groups in total. The largest absolute Gasteiger partial charge is 0.255 e. The van der Waals surface area contributed by atoms with Crippen molar-refractivity contribution in [2.45, 2.75) is 105 Å². The van der Waals surface area contributed by atoms with Crippen molar-refractivity contribution in [2.75, 3.05) is 0 Å². The number of rotatable bonds is 16. The molecule has 7 aromatic heterocycles. The quantitative estimate of drug-likeness (QED) is 0.0911. The molecule has 0 aromatic carbocycles. The van der Waals surface area contributed by atoms with Gasteiger partial charge in [-0.15, -0.1) is 34.0 Å². The van der Waals surface area contributed by atoms with Gasteiger partial charge in [0.05, 0.1) is 32.5 Å². The minimum Gasteiger partial charge on any atom is -0.255 e. The summed E-state index contributed by atoms with van der Waals surface area (Å²) in [7, 11) is 0. The lowest BCUT2D eigenvalue weighted by molar-refractivity contribution is 0.762. The fourth-order valence-corrected chi connectivity index (χ4v) is 11.0. The SMILES string of the molecule is CCCCc1c(C#Cc2ccc(-c3ccccn3)nc2)sc(-c2ccc(-c3sc(C#Cc4ccc(-c5ccccn5)nc4)c(CCCC)c3CCCC)s2)c1CCCC. The lowest BCUT2D eigenvalue weighted by Gasteiger charge is -2.07. The molecule has 0 radical (unpaired) electrons. The second-order valence-electron chi connectivity index (χ2n) is 14.8. The summed E-state index contributed by atoms with van der Waals surface area (Å²) in [6, 6.07) is 24.7. The number of aromatic nitrogens is 4. The van der Waals surface area contributed by atoms with Gasteiger partial charge in [-0.1, -0.05) is 89.2 Å². The van der Waals surface area contributed by atoms with Crippen LogP contribution in [0.5, 0.6) is 0 Å². The van der Waals surface area contributed by atoms with Crippen LogP contribution in [-0.2, 0) is 25.7 Å². The standard InChI is InChI=1S/C52H52N4S3/c1-5-9-17-39-41(19-11-7-3)51(58-47(39)29-25-37-23-27-45(55-35-37)43-21-13-15-33-53-43)49-31-32-50(57-49)52-42(20-12-8-4)40(18-10-6-2)48(59-52)30-26-38-24-28-46(56-36-38)44-22-14-16-34-54-44/h13-16,21-24,27-28,31-36H,5-12,17-20H2,1-4H3. The Bertz CT molecular complexity index is 2360. The van der Waals surface area contributed by atoms with E-state index in [1.54, 1.807) is 12.4 Å². The maximum Gasteiger partial charge on any atom is 0.0887 e. The Kier molecular flexibility index (Phi) is 15.1. The van der Waals surface area contributed by atoms with Gasteiger partial charge in [0.25, 0.3) is 0 Å². The Morgan fingerprint density at radius 2 is 0.814 bits per heavy atom. The maximum atomic E-state index is 4.69. The topological polar surface area (TPSA) is 51.6 Å². The van der Waals surface area contributed by atoms with Crippen molar-refractivity contribution in [3.05, 3.63) is 141 Å². The Hall–Kier alpha value is -5.18. The smallest absolute Gasteiger partial charge is 0.0887 e. The van der Waals surface area contributed by atoms with Crippen molar-refractivity contribution >= 4 is 34.0 Å². The van der Waals surface area contributed by atoms with E-state index in [1.165, 1.54) is 64.4 Å². The van der Waals surface area contributed by atoms with Gasteiger partial charge in [0.2, 0.25) is 0 Å². The van der Waals surface area contributed by atoms with E-state index in [9.17, 15) is 0 Å². The Morgan fingerprint density at radius 3 is 1.17 bits per heavy atom. The summed E-state index contributed by atoms with van der Waals surface area (Å²) in [5, 5.41) is 0. The van der Waals surface area contributed by atoms with Crippen LogP contribution in [0.25, 0.3) is 42.3 Å². The Labute approximate surface area is 363 Å². The van der Waals surface area contributed by atoms with Gasteiger partial charge in [0, 0.05) is 55.4 Å². The lowest BCUT2D eigenvalue weighted by Crippen LogP contribution is -1.95. The van der Waals surface area contributed by atoms with Gasteiger partial charge in [0.1, 0.15) is 0 Å². The van der Waals surface area contributed by atoms with E-state index in [0.717, 1.165) is 98.1 Å². The molecule has 0 saturated heterocycles. The third-order valence-corrected chi connectivity index (χ3v) is 14.3. The normalized spacial score (nSPS) is 10.9. The molecule has 59 heavy (non-hydrogen) atoms. The van der Waals surface area contributed by atoms with Crippen LogP contribution in [0, 0.1) is 23.7 Å². The molecule has 0 atom stereocenters. The summed E-state index contributed by atoms with van der Waals surface area (Å²) in [5.74, 6) is 14.3. The first kappa shape index (κ1) is 42.0. The van der Waals surface area contributed by atoms with E-state index in [2.05, 4.69) is 85.6 Å². The highest BCUT2D eigenvalue weighted by Gasteiger charge is 2.23. The van der Waals surface area contributed by atoms with E-state index >= 15 is 0 Å². The summed E-state index contributed by atoms with van der Waals surface area (Å²) >= 11 is 5.72. The van der Waals surface area contributed by atoms with E-state index in [0.29, 0.717) is 0 Å². The van der Waals surface area contributed by atoms with Crippen LogP contribution in [0.1, 0.15) is 122 Å². The molecule has 0 amide bonds. The minimum atomic E-state index is 0.859. The molecule has 0 aliphatic rings. The van der Waals surface area contributed by atoms with Gasteiger partial charge in [-0.3, -0.25) is 19.9 Å². The second-order valence-corrected chi connectivity index (χ2v) is 17.9. The first-order chi connectivity index (χ1) is 29.1. The summed E-state index contributed by atoms with van der Waals surface area (Å²) < 4.78 is 0. The zero-order valence-electron chi connectivity index (χ0n) is 34.7. The predicted molar refractivity (Wildman–Crippen MR) is 252 cm³/mol. The van der Waals surface area contributed by atoms with E-state index in [1.807, 2.05) is 94.9 Å². The van der Waals surface area contributed by atoms with Crippen LogP contribution in [0.4, 0.5) is 0 Å². The fraction of sp³-hybridized carbons (Fsp3) is 0.308. The zero-order valence-corrected chi connectivity index (χ0v) is 37.2. The molecule has 0 aliphatic carbocycles. The van der Waals surface area contributed by atoms with Crippen LogP contribution < -0.4 is 0 Å². The lowest BCUT2D eigenvalue weighted by atomic mass is 9.97. The van der Waals surface area contributed by atoms with E-state index in [4.69, 9.17) is 9.97 Å². The van der Waals surface area contributed by atoms with Gasteiger partial charge in [0.15, 0.2) is 0 Å². The van der Waals surface area contributed by atoms with Crippen molar-refractivity contribution in [3.63, 3.8) is 0 Å². The molecule has 0 spiro atoms. The third kappa shape index (κ3) is 10.5. The number of thiophene rings is 3. The highest BCUT2D eigenvalue weighted by atomic mass is 32.1. The summed E-state index contributed by atoms with van der Waals surface area (Å²) in [5.41, 5.74) is 11.2. The molecule has 7 aromatic rings. The van der Waals surface area contributed by atoms with Gasteiger partial charge in [-0.2, -0.15) is 0 Å². The average Bonchev–Trinajstić information content (AvgIpc) is 4.01. The molecule has 0 unspecified atom stereocenters. The highest BCUT2D eigenvalue weighted by Crippen LogP contribution is 2.47. The molecule has 7 rings (SSSR count). The summed E-state index contributed by atoms with van der Waals surface area (Å²) in [6.45, 7) is 9.15. The number of hydrogen-bond donors (Lipinski definition) is 0. The summed E-state index contributed by atoms with van der Waals surface area (Å²) in [4.78, 5) is 26.2.